The summed E-state index contributed by atoms with van der Waals surface area (Å²) in [5.74, 6) is 0.774. The third-order valence-electron chi connectivity index (χ3n) is 3.51. The molecule has 1 saturated heterocycles. The summed E-state index contributed by atoms with van der Waals surface area (Å²) in [5.41, 5.74) is 1.99. The Morgan fingerprint density at radius 3 is 2.90 bits per heavy atom. The quantitative estimate of drug-likeness (QED) is 0.929. The lowest BCUT2D eigenvalue weighted by Crippen LogP contribution is -2.34. The van der Waals surface area contributed by atoms with E-state index in [0.29, 0.717) is 0 Å². The SMILES string of the molecule is CCNc1nc(-c2csc(N3CCCC(C)C3)n2)cs1. The van der Waals surface area contributed by atoms with Crippen LogP contribution in [0.2, 0.25) is 0 Å². The molecule has 1 aliphatic rings. The summed E-state index contributed by atoms with van der Waals surface area (Å²) in [4.78, 5) is 11.8. The van der Waals surface area contributed by atoms with Gasteiger partial charge in [0.25, 0.3) is 0 Å². The summed E-state index contributed by atoms with van der Waals surface area (Å²) in [6, 6.07) is 0. The molecule has 0 bridgehead atoms. The van der Waals surface area contributed by atoms with Crippen molar-refractivity contribution in [3.8, 4) is 11.4 Å². The van der Waals surface area contributed by atoms with E-state index >= 15 is 0 Å². The lowest BCUT2D eigenvalue weighted by atomic mass is 10.0. The molecular weight excluding hydrogens is 288 g/mol. The Bertz CT molecular complexity index is 563. The van der Waals surface area contributed by atoms with Crippen molar-refractivity contribution in [1.82, 2.24) is 9.97 Å². The van der Waals surface area contributed by atoms with Crippen LogP contribution in [-0.4, -0.2) is 29.6 Å². The number of thiazole rings is 2. The summed E-state index contributed by atoms with van der Waals surface area (Å²) in [7, 11) is 0. The van der Waals surface area contributed by atoms with Crippen molar-refractivity contribution >= 4 is 32.9 Å². The fourth-order valence-electron chi connectivity index (χ4n) is 2.51. The molecule has 0 aliphatic carbocycles. The van der Waals surface area contributed by atoms with Crippen molar-refractivity contribution < 1.29 is 0 Å². The zero-order valence-electron chi connectivity index (χ0n) is 11.9. The lowest BCUT2D eigenvalue weighted by Gasteiger charge is -2.30. The number of nitrogens with zero attached hydrogens (tertiary/aromatic N) is 3. The number of aromatic nitrogens is 2. The molecule has 20 heavy (non-hydrogen) atoms. The standard InChI is InChI=1S/C14H20N4S2/c1-3-15-13-16-11(8-19-13)12-9-20-14(17-12)18-6-4-5-10(2)7-18/h8-10H,3-7H2,1-2H3,(H,15,16). The molecule has 0 amide bonds. The molecule has 1 fully saturated rings. The van der Waals surface area contributed by atoms with E-state index < -0.39 is 0 Å². The third-order valence-corrected chi connectivity index (χ3v) is 5.22. The van der Waals surface area contributed by atoms with E-state index in [1.807, 2.05) is 0 Å². The Labute approximate surface area is 127 Å². The minimum atomic E-state index is 0.774. The predicted octanol–water partition coefficient (Wildman–Crippen LogP) is 3.93. The highest BCUT2D eigenvalue weighted by Crippen LogP contribution is 2.31. The van der Waals surface area contributed by atoms with E-state index in [9.17, 15) is 0 Å². The molecule has 2 aromatic heterocycles. The first-order valence-corrected chi connectivity index (χ1v) is 8.92. The molecule has 0 spiro atoms. The average Bonchev–Trinajstić information content (AvgIpc) is 3.07. The molecule has 4 nitrogen and oxygen atoms in total. The number of nitrogens with one attached hydrogen (secondary N) is 1. The van der Waals surface area contributed by atoms with Crippen molar-refractivity contribution in [1.29, 1.82) is 0 Å². The van der Waals surface area contributed by atoms with Crippen LogP contribution < -0.4 is 10.2 Å². The van der Waals surface area contributed by atoms with Crippen LogP contribution in [0.25, 0.3) is 11.4 Å². The van der Waals surface area contributed by atoms with Crippen LogP contribution in [0.3, 0.4) is 0 Å². The van der Waals surface area contributed by atoms with Crippen LogP contribution >= 0.6 is 22.7 Å². The van der Waals surface area contributed by atoms with Gasteiger partial charge in [-0.25, -0.2) is 9.97 Å². The molecule has 108 valence electrons. The molecule has 0 saturated carbocycles. The topological polar surface area (TPSA) is 41.1 Å². The maximum absolute atomic E-state index is 4.77. The van der Waals surface area contributed by atoms with Gasteiger partial charge in [-0.05, 0) is 25.7 Å². The molecule has 1 atom stereocenters. The highest BCUT2D eigenvalue weighted by atomic mass is 32.1. The zero-order valence-corrected chi connectivity index (χ0v) is 13.6. The van der Waals surface area contributed by atoms with Gasteiger partial charge in [-0.15, -0.1) is 22.7 Å². The van der Waals surface area contributed by atoms with Crippen LogP contribution in [0, 0.1) is 5.92 Å². The van der Waals surface area contributed by atoms with E-state index in [0.717, 1.165) is 47.2 Å². The highest BCUT2D eigenvalue weighted by molar-refractivity contribution is 7.14. The first-order valence-electron chi connectivity index (χ1n) is 7.16. The predicted molar refractivity (Wildman–Crippen MR) is 88.0 cm³/mol. The Kier molecular flexibility index (Phi) is 4.21. The number of piperidine rings is 1. The van der Waals surface area contributed by atoms with Crippen LogP contribution in [0.5, 0.6) is 0 Å². The average molecular weight is 308 g/mol. The van der Waals surface area contributed by atoms with Gasteiger partial charge in [0.15, 0.2) is 10.3 Å². The van der Waals surface area contributed by atoms with Gasteiger partial charge in [0.05, 0.1) is 0 Å². The number of rotatable bonds is 4. The molecule has 0 radical (unpaired) electrons. The number of hydrogen-bond donors (Lipinski definition) is 1. The molecule has 2 aromatic rings. The Balaban J connectivity index is 1.75. The third kappa shape index (κ3) is 2.96. The molecule has 1 N–H and O–H groups in total. The Morgan fingerprint density at radius 2 is 2.10 bits per heavy atom. The van der Waals surface area contributed by atoms with E-state index in [2.05, 4.69) is 39.8 Å². The lowest BCUT2D eigenvalue weighted by molar-refractivity contribution is 0.446. The van der Waals surface area contributed by atoms with Gasteiger partial charge in [0.1, 0.15) is 11.4 Å². The summed E-state index contributed by atoms with van der Waals surface area (Å²) in [5, 5.41) is 9.57. The summed E-state index contributed by atoms with van der Waals surface area (Å²) in [6.45, 7) is 7.58. The second-order valence-corrected chi connectivity index (χ2v) is 6.97. The monoisotopic (exact) mass is 308 g/mol. The maximum Gasteiger partial charge on any atom is 0.185 e. The molecule has 3 heterocycles. The van der Waals surface area contributed by atoms with Crippen molar-refractivity contribution in [3.63, 3.8) is 0 Å². The minimum Gasteiger partial charge on any atom is -0.362 e. The first-order chi connectivity index (χ1) is 9.76. The molecular formula is C14H20N4S2. The van der Waals surface area contributed by atoms with Gasteiger partial charge in [0.2, 0.25) is 0 Å². The zero-order chi connectivity index (χ0) is 13.9. The van der Waals surface area contributed by atoms with Crippen molar-refractivity contribution in [2.24, 2.45) is 5.92 Å². The summed E-state index contributed by atoms with van der Waals surface area (Å²) < 4.78 is 0. The van der Waals surface area contributed by atoms with E-state index in [-0.39, 0.29) is 0 Å². The maximum atomic E-state index is 4.77. The van der Waals surface area contributed by atoms with E-state index in [1.165, 1.54) is 12.8 Å². The van der Waals surface area contributed by atoms with Crippen molar-refractivity contribution in [3.05, 3.63) is 10.8 Å². The molecule has 6 heteroatoms. The fraction of sp³-hybridized carbons (Fsp3) is 0.571. The second kappa shape index (κ2) is 6.10. The van der Waals surface area contributed by atoms with Crippen molar-refractivity contribution in [2.75, 3.05) is 29.9 Å². The minimum absolute atomic E-state index is 0.774. The Morgan fingerprint density at radius 1 is 1.30 bits per heavy atom. The van der Waals surface area contributed by atoms with Gasteiger partial charge in [-0.1, -0.05) is 6.92 Å². The van der Waals surface area contributed by atoms with E-state index in [1.54, 1.807) is 22.7 Å². The van der Waals surface area contributed by atoms with Crippen molar-refractivity contribution in [2.45, 2.75) is 26.7 Å². The smallest absolute Gasteiger partial charge is 0.185 e. The summed E-state index contributed by atoms with van der Waals surface area (Å²) in [6.07, 6.45) is 2.62. The van der Waals surface area contributed by atoms with E-state index in [4.69, 9.17) is 4.98 Å². The first kappa shape index (κ1) is 13.8. The molecule has 0 aromatic carbocycles. The molecule has 1 aliphatic heterocycles. The summed E-state index contributed by atoms with van der Waals surface area (Å²) >= 11 is 3.38. The van der Waals surface area contributed by atoms with Gasteiger partial charge in [-0.2, -0.15) is 0 Å². The van der Waals surface area contributed by atoms with Crippen LogP contribution in [0.1, 0.15) is 26.7 Å². The van der Waals surface area contributed by atoms with Gasteiger partial charge in [0, 0.05) is 30.4 Å². The highest BCUT2D eigenvalue weighted by Gasteiger charge is 2.19. The van der Waals surface area contributed by atoms with Gasteiger partial charge < -0.3 is 10.2 Å². The normalized spacial score (nSPS) is 19.3. The Hall–Kier alpha value is -1.14. The number of hydrogen-bond acceptors (Lipinski definition) is 6. The largest absolute Gasteiger partial charge is 0.362 e. The van der Waals surface area contributed by atoms with Crippen LogP contribution in [0.15, 0.2) is 10.8 Å². The molecule has 3 rings (SSSR count). The second-order valence-electron chi connectivity index (χ2n) is 5.28. The number of anilines is 2. The van der Waals surface area contributed by atoms with Crippen LogP contribution in [0.4, 0.5) is 10.3 Å². The molecule has 1 unspecified atom stereocenters. The van der Waals surface area contributed by atoms with Gasteiger partial charge >= 0.3 is 0 Å². The van der Waals surface area contributed by atoms with Gasteiger partial charge in [-0.3, -0.25) is 0 Å². The fourth-order valence-corrected chi connectivity index (χ4v) is 4.15. The van der Waals surface area contributed by atoms with Crippen LogP contribution in [-0.2, 0) is 0 Å².